The molecule has 23 heavy (non-hydrogen) atoms. The summed E-state index contributed by atoms with van der Waals surface area (Å²) in [4.78, 5) is 0. The van der Waals surface area contributed by atoms with Gasteiger partial charge in [-0.3, -0.25) is 0 Å². The molecule has 0 radical (unpaired) electrons. The van der Waals surface area contributed by atoms with E-state index in [1.165, 1.54) is 38.5 Å². The molecule has 0 aromatic carbocycles. The first-order valence-electron chi connectivity index (χ1n) is 10.1. The summed E-state index contributed by atoms with van der Waals surface area (Å²) < 4.78 is 18.6. The van der Waals surface area contributed by atoms with Gasteiger partial charge in [-0.2, -0.15) is 0 Å². The van der Waals surface area contributed by atoms with Crippen molar-refractivity contribution in [2.24, 2.45) is 5.92 Å². The van der Waals surface area contributed by atoms with Gasteiger partial charge in [0.05, 0.1) is 0 Å². The Balaban J connectivity index is 2.76. The number of allylic oxidation sites excluding steroid dienone is 1. The van der Waals surface area contributed by atoms with Crippen molar-refractivity contribution >= 4 is 49.1 Å². The zero-order chi connectivity index (χ0) is 17.6. The van der Waals surface area contributed by atoms with Crippen LogP contribution in [-0.4, -0.2) is 49.1 Å². The number of rotatable bonds is 2. The van der Waals surface area contributed by atoms with Crippen molar-refractivity contribution < 1.29 is 0 Å². The molecular formula is C20H41BPb2. The molecule has 0 aromatic rings. The summed E-state index contributed by atoms with van der Waals surface area (Å²) in [7, 11) is 0. The van der Waals surface area contributed by atoms with Crippen LogP contribution in [0.15, 0.2) is 6.16 Å². The molecule has 0 saturated carbocycles. The van der Waals surface area contributed by atoms with Crippen molar-refractivity contribution in [2.45, 2.75) is 97.3 Å². The second kappa shape index (κ2) is 7.34. The average Bonchev–Trinajstić information content (AvgIpc) is 2.51. The monoisotopic (exact) mass is 708 g/mol. The van der Waals surface area contributed by atoms with E-state index >= 15 is 0 Å². The van der Waals surface area contributed by atoms with Gasteiger partial charge in [0.25, 0.3) is 0 Å². The Morgan fingerprint density at radius 2 is 1.26 bits per heavy atom. The topological polar surface area (TPSA) is 0 Å². The van der Waals surface area contributed by atoms with Crippen LogP contribution in [0.4, 0.5) is 0 Å². The second-order valence-electron chi connectivity index (χ2n) is 11.5. The molecule has 0 N–H and O–H groups in total. The standard InChI is InChI=1S/C14H23B.6CH3.2Pb/c1-11-12-7-5-9-13(10-6-8-12)15(11)14(2,3)4;;;;;;;;/h12-13H,5-10H2,2-4H3;6*1H3;;. The molecule has 2 heterocycles. The molecule has 2 fully saturated rings. The van der Waals surface area contributed by atoms with Gasteiger partial charge in [0, 0.05) is 0 Å². The molecule has 0 aliphatic carbocycles. The second-order valence-corrected chi connectivity index (χ2v) is 57.9. The number of hydrogen-bond acceptors (Lipinski definition) is 0. The maximum absolute atomic E-state index is 2.73. The van der Waals surface area contributed by atoms with Gasteiger partial charge in [-0.05, 0) is 0 Å². The summed E-state index contributed by atoms with van der Waals surface area (Å²) in [5.41, 5.74) is 2.10. The summed E-state index contributed by atoms with van der Waals surface area (Å²) >= 11 is -4.39. The van der Waals surface area contributed by atoms with Crippen LogP contribution in [0, 0.1) is 5.92 Å². The third kappa shape index (κ3) is 4.88. The molecule has 2 aliphatic rings. The van der Waals surface area contributed by atoms with E-state index in [2.05, 4.69) is 53.8 Å². The number of fused-ring (bicyclic) bond motifs is 3. The fraction of sp³-hybridized carbons (Fsp3) is 0.900. The van der Waals surface area contributed by atoms with Crippen LogP contribution in [0.2, 0.25) is 38.0 Å². The van der Waals surface area contributed by atoms with Crippen LogP contribution in [0.25, 0.3) is 0 Å². The van der Waals surface area contributed by atoms with Crippen LogP contribution < -0.4 is 0 Å². The van der Waals surface area contributed by atoms with Crippen molar-refractivity contribution in [1.29, 1.82) is 0 Å². The Bertz CT molecular complexity index is 434. The maximum atomic E-state index is 2.73. The van der Waals surface area contributed by atoms with E-state index in [4.69, 9.17) is 0 Å². The van der Waals surface area contributed by atoms with Gasteiger partial charge in [0.1, 0.15) is 0 Å². The number of hydrogen-bond donors (Lipinski definition) is 0. The summed E-state index contributed by atoms with van der Waals surface area (Å²) in [6, 6.07) is 0. The van der Waals surface area contributed by atoms with Crippen LogP contribution in [0.3, 0.4) is 0 Å². The third-order valence-corrected chi connectivity index (χ3v) is 71.3. The molecule has 2 bridgehead atoms. The van der Waals surface area contributed by atoms with Gasteiger partial charge >= 0.3 is 158 Å². The van der Waals surface area contributed by atoms with E-state index in [0.29, 0.717) is 5.31 Å². The summed E-state index contributed by atoms with van der Waals surface area (Å²) in [6.07, 6.45) is 9.04. The molecule has 2 saturated heterocycles. The van der Waals surface area contributed by atoms with Gasteiger partial charge < -0.3 is 0 Å². The molecule has 0 amide bonds. The predicted octanol–water partition coefficient (Wildman–Crippen LogP) is 7.23. The van der Waals surface area contributed by atoms with E-state index in [-0.39, 0.29) is 0 Å². The molecule has 0 atom stereocenters. The van der Waals surface area contributed by atoms with Crippen molar-refractivity contribution in [3.63, 3.8) is 0 Å². The van der Waals surface area contributed by atoms with Gasteiger partial charge in [-0.25, -0.2) is 0 Å². The molecule has 0 nitrogen and oxygen atoms in total. The first-order valence-corrected chi connectivity index (χ1v) is 37.3. The van der Waals surface area contributed by atoms with E-state index in [0.717, 1.165) is 18.4 Å². The average molecular weight is 707 g/mol. The van der Waals surface area contributed by atoms with E-state index < -0.39 is 42.3 Å². The Morgan fingerprint density at radius 1 is 0.826 bits per heavy atom. The van der Waals surface area contributed by atoms with Gasteiger partial charge in [0.2, 0.25) is 0 Å². The van der Waals surface area contributed by atoms with Crippen LogP contribution in [-0.2, 0) is 0 Å². The summed E-state index contributed by atoms with van der Waals surface area (Å²) in [5, 5.41) is 0.455. The van der Waals surface area contributed by atoms with Gasteiger partial charge in [0.15, 0.2) is 0 Å². The Morgan fingerprint density at radius 3 is 1.61 bits per heavy atom. The van der Waals surface area contributed by atoms with Crippen LogP contribution >= 0.6 is 0 Å². The minimum absolute atomic E-state index is 0.455. The van der Waals surface area contributed by atoms with Crippen molar-refractivity contribution in [3.05, 3.63) is 6.16 Å². The normalized spacial score (nSPS) is 27.0. The van der Waals surface area contributed by atoms with Crippen molar-refractivity contribution in [3.8, 4) is 0 Å². The zero-order valence-electron chi connectivity index (χ0n) is 17.5. The Kier molecular flexibility index (Phi) is 6.69. The molecular weight excluding hydrogens is 665 g/mol. The fourth-order valence-electron chi connectivity index (χ4n) is 6.22. The summed E-state index contributed by atoms with van der Waals surface area (Å²) in [5.74, 6) is 1.94. The van der Waals surface area contributed by atoms with E-state index in [1.54, 1.807) is 0 Å². The van der Waals surface area contributed by atoms with Gasteiger partial charge in [-0.1, -0.05) is 0 Å². The quantitative estimate of drug-likeness (QED) is 0.266. The van der Waals surface area contributed by atoms with Crippen molar-refractivity contribution in [2.75, 3.05) is 0 Å². The van der Waals surface area contributed by atoms with Crippen molar-refractivity contribution in [1.82, 2.24) is 0 Å². The van der Waals surface area contributed by atoms with E-state index in [9.17, 15) is 0 Å². The van der Waals surface area contributed by atoms with Crippen LogP contribution in [0.5, 0.6) is 0 Å². The summed E-state index contributed by atoms with van der Waals surface area (Å²) in [6.45, 7) is 8.55. The molecule has 3 heteroatoms. The first-order chi connectivity index (χ1) is 10.3. The third-order valence-electron chi connectivity index (χ3n) is 6.22. The zero-order valence-corrected chi connectivity index (χ0v) is 25.2. The fourth-order valence-corrected chi connectivity index (χ4v) is 101. The predicted molar refractivity (Wildman–Crippen MR) is 114 cm³/mol. The first kappa shape index (κ1) is 21.0. The van der Waals surface area contributed by atoms with Crippen LogP contribution in [0.1, 0.15) is 59.3 Å². The molecule has 2 rings (SSSR count). The molecule has 0 unspecified atom stereocenters. The van der Waals surface area contributed by atoms with E-state index in [1.807, 2.05) is 0 Å². The molecule has 0 spiro atoms. The molecule has 0 aromatic heterocycles. The molecule has 132 valence electrons. The Hall–Kier alpha value is 1.65. The Labute approximate surface area is 157 Å². The SMILES string of the molecule is CC(C)(C)B1C(=[C]([Pb]([CH3])([CH3])[CH3])[Pb]([CH3])([CH3])[CH3])C2CCCC1CCC2. The van der Waals surface area contributed by atoms with Gasteiger partial charge in [-0.15, -0.1) is 0 Å². The molecule has 2 aliphatic heterocycles. The minimum atomic E-state index is -2.20.